The van der Waals surface area contributed by atoms with Crippen LogP contribution >= 0.6 is 0 Å². The molecule has 1 fully saturated rings. The third kappa shape index (κ3) is 3.03. The van der Waals surface area contributed by atoms with E-state index in [1.54, 1.807) is 6.20 Å². The van der Waals surface area contributed by atoms with Crippen molar-refractivity contribution in [3.8, 4) is 0 Å². The summed E-state index contributed by atoms with van der Waals surface area (Å²) < 4.78 is 0. The molecule has 1 saturated carbocycles. The third-order valence-electron chi connectivity index (χ3n) is 3.29. The van der Waals surface area contributed by atoms with Crippen molar-refractivity contribution in [1.82, 2.24) is 4.98 Å². The lowest BCUT2D eigenvalue weighted by atomic mass is 9.98. The number of nitrogens with one attached hydrogen (secondary N) is 1. The first kappa shape index (κ1) is 12.0. The fraction of sp³-hybridized carbons (Fsp3) is 0.538. The molecule has 1 amide bonds. The lowest BCUT2D eigenvalue weighted by Crippen LogP contribution is -2.31. The summed E-state index contributed by atoms with van der Waals surface area (Å²) in [5.74, 6) is 0.426. The number of aromatic nitrogens is 1. The SMILES string of the molecule is Cc1cccnc1NC(=O)CC1(O)CCCC1. The molecule has 1 aromatic heterocycles. The van der Waals surface area contributed by atoms with Gasteiger partial charge in [-0.05, 0) is 31.4 Å². The normalized spacial score (nSPS) is 18.0. The van der Waals surface area contributed by atoms with Crippen LogP contribution in [-0.4, -0.2) is 21.6 Å². The number of carbonyl (C=O) groups is 1. The third-order valence-corrected chi connectivity index (χ3v) is 3.29. The molecule has 2 rings (SSSR count). The van der Waals surface area contributed by atoms with E-state index in [9.17, 15) is 9.90 Å². The van der Waals surface area contributed by atoms with Crippen molar-refractivity contribution < 1.29 is 9.90 Å². The number of aryl methyl sites for hydroxylation is 1. The van der Waals surface area contributed by atoms with Gasteiger partial charge in [-0.25, -0.2) is 4.98 Å². The number of hydrogen-bond donors (Lipinski definition) is 2. The summed E-state index contributed by atoms with van der Waals surface area (Å²) in [6, 6.07) is 3.72. The van der Waals surface area contributed by atoms with Gasteiger partial charge in [0.25, 0.3) is 0 Å². The van der Waals surface area contributed by atoms with E-state index in [0.29, 0.717) is 5.82 Å². The van der Waals surface area contributed by atoms with E-state index in [1.807, 2.05) is 19.1 Å². The summed E-state index contributed by atoms with van der Waals surface area (Å²) >= 11 is 0. The number of rotatable bonds is 3. The van der Waals surface area contributed by atoms with Gasteiger partial charge in [-0.1, -0.05) is 18.9 Å². The number of amides is 1. The smallest absolute Gasteiger partial charge is 0.228 e. The Morgan fingerprint density at radius 1 is 1.53 bits per heavy atom. The Balaban J connectivity index is 1.96. The van der Waals surface area contributed by atoms with E-state index in [1.165, 1.54) is 0 Å². The van der Waals surface area contributed by atoms with Crippen molar-refractivity contribution in [3.05, 3.63) is 23.9 Å². The van der Waals surface area contributed by atoms with Gasteiger partial charge in [0.2, 0.25) is 5.91 Å². The second-order valence-corrected chi connectivity index (χ2v) is 4.83. The second kappa shape index (κ2) is 4.84. The van der Waals surface area contributed by atoms with Crippen molar-refractivity contribution in [2.75, 3.05) is 5.32 Å². The Morgan fingerprint density at radius 3 is 2.88 bits per heavy atom. The van der Waals surface area contributed by atoms with Crippen LogP contribution in [0.2, 0.25) is 0 Å². The predicted molar refractivity (Wildman–Crippen MR) is 65.6 cm³/mol. The number of aliphatic hydroxyl groups is 1. The molecule has 4 heteroatoms. The average Bonchev–Trinajstić information content (AvgIpc) is 2.68. The summed E-state index contributed by atoms with van der Waals surface area (Å²) in [5, 5.41) is 12.9. The number of hydrogen-bond acceptors (Lipinski definition) is 3. The highest BCUT2D eigenvalue weighted by atomic mass is 16.3. The van der Waals surface area contributed by atoms with Gasteiger partial charge in [-0.3, -0.25) is 4.79 Å². The van der Waals surface area contributed by atoms with E-state index in [-0.39, 0.29) is 12.3 Å². The quantitative estimate of drug-likeness (QED) is 0.841. The first-order valence-corrected chi connectivity index (χ1v) is 6.03. The van der Waals surface area contributed by atoms with E-state index < -0.39 is 5.60 Å². The number of anilines is 1. The van der Waals surface area contributed by atoms with Crippen molar-refractivity contribution in [2.45, 2.75) is 44.6 Å². The van der Waals surface area contributed by atoms with Crippen molar-refractivity contribution in [3.63, 3.8) is 0 Å². The molecule has 92 valence electrons. The van der Waals surface area contributed by atoms with Crippen LogP contribution in [0, 0.1) is 6.92 Å². The summed E-state index contributed by atoms with van der Waals surface area (Å²) in [6.07, 6.45) is 5.28. The van der Waals surface area contributed by atoms with E-state index >= 15 is 0 Å². The predicted octanol–water partition coefficient (Wildman–Crippen LogP) is 2.02. The molecule has 0 saturated heterocycles. The lowest BCUT2D eigenvalue weighted by molar-refractivity contribution is -0.120. The lowest BCUT2D eigenvalue weighted by Gasteiger charge is -2.21. The maximum Gasteiger partial charge on any atom is 0.228 e. The Morgan fingerprint density at radius 2 is 2.24 bits per heavy atom. The molecule has 1 aliphatic rings. The van der Waals surface area contributed by atoms with Crippen LogP contribution in [0.25, 0.3) is 0 Å². The van der Waals surface area contributed by atoms with Crippen LogP contribution in [0.4, 0.5) is 5.82 Å². The van der Waals surface area contributed by atoms with Crippen LogP contribution in [0.3, 0.4) is 0 Å². The van der Waals surface area contributed by atoms with Crippen LogP contribution in [-0.2, 0) is 4.79 Å². The van der Waals surface area contributed by atoms with Crippen LogP contribution in [0.1, 0.15) is 37.7 Å². The molecule has 4 nitrogen and oxygen atoms in total. The largest absolute Gasteiger partial charge is 0.389 e. The molecular weight excluding hydrogens is 216 g/mol. The summed E-state index contributed by atoms with van der Waals surface area (Å²) in [5.41, 5.74) is 0.131. The molecule has 0 spiro atoms. The first-order chi connectivity index (χ1) is 8.09. The maximum atomic E-state index is 11.8. The fourth-order valence-corrected chi connectivity index (χ4v) is 2.30. The number of carbonyl (C=O) groups excluding carboxylic acids is 1. The van der Waals surface area contributed by atoms with Gasteiger partial charge in [0.15, 0.2) is 0 Å². The van der Waals surface area contributed by atoms with Gasteiger partial charge >= 0.3 is 0 Å². The van der Waals surface area contributed by atoms with Crippen molar-refractivity contribution in [1.29, 1.82) is 0 Å². The number of nitrogens with zero attached hydrogens (tertiary/aromatic N) is 1. The Hall–Kier alpha value is -1.42. The van der Waals surface area contributed by atoms with Crippen LogP contribution in [0.5, 0.6) is 0 Å². The fourth-order valence-electron chi connectivity index (χ4n) is 2.30. The molecule has 2 N–H and O–H groups in total. The van der Waals surface area contributed by atoms with Crippen molar-refractivity contribution >= 4 is 11.7 Å². The zero-order chi connectivity index (χ0) is 12.3. The van der Waals surface area contributed by atoms with Crippen molar-refractivity contribution in [2.24, 2.45) is 0 Å². The maximum absolute atomic E-state index is 11.8. The Bertz CT molecular complexity index is 412. The van der Waals surface area contributed by atoms with Gasteiger partial charge in [-0.2, -0.15) is 0 Å². The van der Waals surface area contributed by atoms with Gasteiger partial charge in [0.05, 0.1) is 12.0 Å². The zero-order valence-corrected chi connectivity index (χ0v) is 10.1. The highest BCUT2D eigenvalue weighted by Crippen LogP contribution is 2.32. The van der Waals surface area contributed by atoms with Gasteiger partial charge in [0, 0.05) is 6.20 Å². The molecule has 1 aromatic rings. The minimum atomic E-state index is -0.799. The highest BCUT2D eigenvalue weighted by Gasteiger charge is 2.33. The second-order valence-electron chi connectivity index (χ2n) is 4.83. The van der Waals surface area contributed by atoms with E-state index in [2.05, 4.69) is 10.3 Å². The van der Waals surface area contributed by atoms with E-state index in [0.717, 1.165) is 31.2 Å². The minimum Gasteiger partial charge on any atom is -0.389 e. The zero-order valence-electron chi connectivity index (χ0n) is 10.1. The Labute approximate surface area is 101 Å². The molecule has 0 radical (unpaired) electrons. The van der Waals surface area contributed by atoms with Gasteiger partial charge < -0.3 is 10.4 Å². The molecule has 17 heavy (non-hydrogen) atoms. The van der Waals surface area contributed by atoms with Crippen LogP contribution < -0.4 is 5.32 Å². The highest BCUT2D eigenvalue weighted by molar-refractivity contribution is 5.91. The topological polar surface area (TPSA) is 62.2 Å². The standard InChI is InChI=1S/C13H18N2O2/c1-10-5-4-8-14-12(10)15-11(16)9-13(17)6-2-3-7-13/h4-5,8,17H,2-3,6-7,9H2,1H3,(H,14,15,16). The summed E-state index contributed by atoms with van der Waals surface area (Å²) in [6.45, 7) is 1.90. The minimum absolute atomic E-state index is 0.156. The monoisotopic (exact) mass is 234 g/mol. The molecule has 0 aliphatic heterocycles. The summed E-state index contributed by atoms with van der Waals surface area (Å²) in [7, 11) is 0. The molecule has 0 atom stereocenters. The van der Waals surface area contributed by atoms with Gasteiger partial charge in [-0.15, -0.1) is 0 Å². The Kier molecular flexibility index (Phi) is 3.43. The molecule has 0 unspecified atom stereocenters. The van der Waals surface area contributed by atoms with E-state index in [4.69, 9.17) is 0 Å². The first-order valence-electron chi connectivity index (χ1n) is 6.03. The van der Waals surface area contributed by atoms with Gasteiger partial charge in [0.1, 0.15) is 5.82 Å². The average molecular weight is 234 g/mol. The molecular formula is C13H18N2O2. The summed E-state index contributed by atoms with van der Waals surface area (Å²) in [4.78, 5) is 15.9. The molecule has 0 bridgehead atoms. The van der Waals surface area contributed by atoms with Crippen LogP contribution in [0.15, 0.2) is 18.3 Å². The molecule has 1 heterocycles. The number of pyridine rings is 1. The molecule has 1 aliphatic carbocycles. The molecule has 0 aromatic carbocycles.